The van der Waals surface area contributed by atoms with Crippen LogP contribution in [0.3, 0.4) is 0 Å². The van der Waals surface area contributed by atoms with Crippen LogP contribution in [0.4, 0.5) is 0 Å². The standard InChI is InChI=1S/C13H24N2O/c1-11(16)14(2)12-7-3-4-8-13(12)15-9-5-6-10-15/h12-13H,3-10H2,1-2H3/t12-,13+/m1/s1. The lowest BCUT2D eigenvalue weighted by Crippen LogP contribution is -2.52. The van der Waals surface area contributed by atoms with E-state index in [0.29, 0.717) is 12.1 Å². The molecule has 1 aliphatic carbocycles. The number of hydrogen-bond donors (Lipinski definition) is 0. The van der Waals surface area contributed by atoms with Crippen molar-refractivity contribution in [1.29, 1.82) is 0 Å². The van der Waals surface area contributed by atoms with Gasteiger partial charge in [0.2, 0.25) is 5.91 Å². The first-order chi connectivity index (χ1) is 7.70. The van der Waals surface area contributed by atoms with Crippen LogP contribution in [0.5, 0.6) is 0 Å². The molecule has 0 aromatic carbocycles. The molecule has 1 aliphatic heterocycles. The van der Waals surface area contributed by atoms with Crippen LogP contribution in [0.15, 0.2) is 0 Å². The Morgan fingerprint density at radius 3 is 2.38 bits per heavy atom. The molecule has 1 saturated carbocycles. The van der Waals surface area contributed by atoms with Crippen LogP contribution in [-0.4, -0.2) is 47.9 Å². The number of likely N-dealkylation sites (tertiary alicyclic amines) is 1. The molecule has 2 fully saturated rings. The largest absolute Gasteiger partial charge is 0.341 e. The molecule has 0 spiro atoms. The lowest BCUT2D eigenvalue weighted by atomic mass is 9.88. The molecular formula is C13H24N2O. The number of rotatable bonds is 2. The number of nitrogens with zero attached hydrogens (tertiary/aromatic N) is 2. The van der Waals surface area contributed by atoms with Gasteiger partial charge < -0.3 is 4.90 Å². The molecule has 0 N–H and O–H groups in total. The number of amides is 1. The van der Waals surface area contributed by atoms with Crippen molar-refractivity contribution < 1.29 is 4.79 Å². The van der Waals surface area contributed by atoms with E-state index in [0.717, 1.165) is 0 Å². The number of likely N-dealkylation sites (N-methyl/N-ethyl adjacent to an activating group) is 1. The van der Waals surface area contributed by atoms with Crippen LogP contribution < -0.4 is 0 Å². The molecule has 16 heavy (non-hydrogen) atoms. The molecule has 2 atom stereocenters. The molecule has 0 unspecified atom stereocenters. The molecule has 2 aliphatic rings. The lowest BCUT2D eigenvalue weighted by molar-refractivity contribution is -0.131. The summed E-state index contributed by atoms with van der Waals surface area (Å²) in [4.78, 5) is 16.1. The lowest BCUT2D eigenvalue weighted by Gasteiger charge is -2.42. The predicted molar refractivity (Wildman–Crippen MR) is 65.3 cm³/mol. The Labute approximate surface area is 98.8 Å². The fraction of sp³-hybridized carbons (Fsp3) is 0.923. The Balaban J connectivity index is 2.03. The van der Waals surface area contributed by atoms with E-state index < -0.39 is 0 Å². The first-order valence-electron chi connectivity index (χ1n) is 6.67. The molecule has 0 radical (unpaired) electrons. The fourth-order valence-electron chi connectivity index (χ4n) is 3.28. The summed E-state index contributed by atoms with van der Waals surface area (Å²) in [6, 6.07) is 1.09. The van der Waals surface area contributed by atoms with Crippen LogP contribution in [0.25, 0.3) is 0 Å². The molecule has 0 bridgehead atoms. The smallest absolute Gasteiger partial charge is 0.219 e. The van der Waals surface area contributed by atoms with Crippen molar-refractivity contribution in [2.45, 2.75) is 57.5 Å². The van der Waals surface area contributed by atoms with Gasteiger partial charge in [0.15, 0.2) is 0 Å². The van der Waals surface area contributed by atoms with Crippen LogP contribution >= 0.6 is 0 Å². The van der Waals surface area contributed by atoms with Gasteiger partial charge in [-0.15, -0.1) is 0 Å². The second kappa shape index (κ2) is 5.17. The van der Waals surface area contributed by atoms with Gasteiger partial charge in [0.1, 0.15) is 0 Å². The Bertz CT molecular complexity index is 248. The first kappa shape index (κ1) is 11.9. The third-order valence-corrected chi connectivity index (χ3v) is 4.30. The SMILES string of the molecule is CC(=O)N(C)[C@@H]1CCCC[C@@H]1N1CCCC1. The average molecular weight is 224 g/mol. The molecule has 3 heteroatoms. The second-order valence-electron chi connectivity index (χ2n) is 5.29. The fourth-order valence-corrected chi connectivity index (χ4v) is 3.28. The molecule has 0 aromatic rings. The van der Waals surface area contributed by atoms with E-state index in [-0.39, 0.29) is 5.91 Å². The highest BCUT2D eigenvalue weighted by Crippen LogP contribution is 2.28. The average Bonchev–Trinajstić information content (AvgIpc) is 2.81. The normalized spacial score (nSPS) is 31.6. The van der Waals surface area contributed by atoms with Gasteiger partial charge in [0, 0.05) is 26.1 Å². The highest BCUT2D eigenvalue weighted by atomic mass is 16.2. The highest BCUT2D eigenvalue weighted by Gasteiger charge is 2.34. The summed E-state index contributed by atoms with van der Waals surface area (Å²) in [5.41, 5.74) is 0. The second-order valence-corrected chi connectivity index (χ2v) is 5.29. The van der Waals surface area contributed by atoms with Crippen molar-refractivity contribution in [1.82, 2.24) is 9.80 Å². The molecule has 1 amide bonds. The topological polar surface area (TPSA) is 23.6 Å². The minimum atomic E-state index is 0.219. The zero-order chi connectivity index (χ0) is 11.5. The zero-order valence-corrected chi connectivity index (χ0v) is 10.6. The summed E-state index contributed by atoms with van der Waals surface area (Å²) in [5, 5.41) is 0. The minimum Gasteiger partial charge on any atom is -0.341 e. The monoisotopic (exact) mass is 224 g/mol. The van der Waals surface area contributed by atoms with Gasteiger partial charge in [-0.1, -0.05) is 12.8 Å². The maximum Gasteiger partial charge on any atom is 0.219 e. The van der Waals surface area contributed by atoms with E-state index in [9.17, 15) is 4.79 Å². The number of carbonyl (C=O) groups is 1. The molecule has 3 nitrogen and oxygen atoms in total. The van der Waals surface area contributed by atoms with E-state index in [1.807, 2.05) is 11.9 Å². The summed E-state index contributed by atoms with van der Waals surface area (Å²) in [6.07, 6.45) is 7.77. The van der Waals surface area contributed by atoms with Gasteiger partial charge >= 0.3 is 0 Å². The Kier molecular flexibility index (Phi) is 3.85. The molecule has 1 heterocycles. The highest BCUT2D eigenvalue weighted by molar-refractivity contribution is 5.73. The molecule has 1 saturated heterocycles. The molecule has 92 valence electrons. The van der Waals surface area contributed by atoms with E-state index in [1.54, 1.807) is 6.92 Å². The van der Waals surface area contributed by atoms with Crippen LogP contribution in [-0.2, 0) is 4.79 Å². The van der Waals surface area contributed by atoms with E-state index in [4.69, 9.17) is 0 Å². The van der Waals surface area contributed by atoms with Gasteiger partial charge in [0.05, 0.1) is 0 Å². The van der Waals surface area contributed by atoms with Gasteiger partial charge in [-0.05, 0) is 38.8 Å². The van der Waals surface area contributed by atoms with Crippen molar-refractivity contribution in [3.8, 4) is 0 Å². The quantitative estimate of drug-likeness (QED) is 0.715. The van der Waals surface area contributed by atoms with Crippen molar-refractivity contribution in [3.63, 3.8) is 0 Å². The van der Waals surface area contributed by atoms with Crippen molar-refractivity contribution >= 4 is 5.91 Å². The molecule has 2 rings (SSSR count). The third-order valence-electron chi connectivity index (χ3n) is 4.30. The number of hydrogen-bond acceptors (Lipinski definition) is 2. The Morgan fingerprint density at radius 2 is 1.75 bits per heavy atom. The van der Waals surface area contributed by atoms with Gasteiger partial charge in [-0.2, -0.15) is 0 Å². The van der Waals surface area contributed by atoms with Crippen LogP contribution in [0, 0.1) is 0 Å². The van der Waals surface area contributed by atoms with Gasteiger partial charge in [0.25, 0.3) is 0 Å². The van der Waals surface area contributed by atoms with E-state index >= 15 is 0 Å². The Morgan fingerprint density at radius 1 is 1.12 bits per heavy atom. The third kappa shape index (κ3) is 2.40. The summed E-state index contributed by atoms with van der Waals surface area (Å²) >= 11 is 0. The van der Waals surface area contributed by atoms with Crippen molar-refractivity contribution in [2.75, 3.05) is 20.1 Å². The van der Waals surface area contributed by atoms with E-state index in [2.05, 4.69) is 4.90 Å². The van der Waals surface area contributed by atoms with Gasteiger partial charge in [-0.3, -0.25) is 9.69 Å². The Hall–Kier alpha value is -0.570. The summed E-state index contributed by atoms with van der Waals surface area (Å²) < 4.78 is 0. The summed E-state index contributed by atoms with van der Waals surface area (Å²) in [5.74, 6) is 0.219. The van der Waals surface area contributed by atoms with E-state index in [1.165, 1.54) is 51.6 Å². The number of carbonyl (C=O) groups excluding carboxylic acids is 1. The summed E-state index contributed by atoms with van der Waals surface area (Å²) in [6.45, 7) is 4.18. The van der Waals surface area contributed by atoms with Crippen molar-refractivity contribution in [2.24, 2.45) is 0 Å². The molecular weight excluding hydrogens is 200 g/mol. The van der Waals surface area contributed by atoms with Crippen LogP contribution in [0.2, 0.25) is 0 Å². The van der Waals surface area contributed by atoms with Crippen molar-refractivity contribution in [3.05, 3.63) is 0 Å². The minimum absolute atomic E-state index is 0.219. The summed E-state index contributed by atoms with van der Waals surface area (Å²) in [7, 11) is 1.97. The predicted octanol–water partition coefficient (Wildman–Crippen LogP) is 1.87. The zero-order valence-electron chi connectivity index (χ0n) is 10.6. The van der Waals surface area contributed by atoms with Crippen LogP contribution in [0.1, 0.15) is 45.4 Å². The first-order valence-corrected chi connectivity index (χ1v) is 6.67. The molecule has 0 aromatic heterocycles. The maximum atomic E-state index is 11.5. The maximum absolute atomic E-state index is 11.5. The van der Waals surface area contributed by atoms with Gasteiger partial charge in [-0.25, -0.2) is 0 Å².